The summed E-state index contributed by atoms with van der Waals surface area (Å²) in [6.07, 6.45) is 1.54. The molecule has 2 aromatic carbocycles. The highest BCUT2D eigenvalue weighted by Gasteiger charge is 2.17. The Labute approximate surface area is 169 Å². The molecule has 0 atom stereocenters. The van der Waals surface area contributed by atoms with E-state index >= 15 is 0 Å². The second-order valence-electron chi connectivity index (χ2n) is 6.60. The molecule has 2 rings (SSSR count). The minimum absolute atomic E-state index is 0.0185. The summed E-state index contributed by atoms with van der Waals surface area (Å²) in [5, 5.41) is 19.9. The lowest BCUT2D eigenvalue weighted by atomic mass is 10.1. The molecule has 6 nitrogen and oxygen atoms in total. The number of hydrogen-bond acceptors (Lipinski definition) is 4. The molecule has 0 aliphatic carbocycles. The Balaban J connectivity index is 1.90. The Morgan fingerprint density at radius 3 is 2.28 bits per heavy atom. The lowest BCUT2D eigenvalue weighted by Gasteiger charge is -2.22. The summed E-state index contributed by atoms with van der Waals surface area (Å²) in [4.78, 5) is 26.0. The molecule has 0 saturated heterocycles. The van der Waals surface area contributed by atoms with Crippen molar-refractivity contribution in [2.75, 3.05) is 23.4 Å². The van der Waals surface area contributed by atoms with Crippen LogP contribution < -0.4 is 10.2 Å². The van der Waals surface area contributed by atoms with Gasteiger partial charge in [-0.3, -0.25) is 9.59 Å². The number of carbonyl (C=O) groups is 2. The van der Waals surface area contributed by atoms with Crippen LogP contribution in [0.2, 0.25) is 0 Å². The average Bonchev–Trinajstić information content (AvgIpc) is 2.72. The highest BCUT2D eigenvalue weighted by Crippen LogP contribution is 2.17. The molecule has 7 heteroatoms. The minimum Gasteiger partial charge on any atom is -0.395 e. The maximum Gasteiger partial charge on any atom is 0.227 e. The van der Waals surface area contributed by atoms with Crippen molar-refractivity contribution in [3.63, 3.8) is 0 Å². The minimum atomic E-state index is -0.416. The van der Waals surface area contributed by atoms with Gasteiger partial charge in [0.1, 0.15) is 5.82 Å². The van der Waals surface area contributed by atoms with E-state index in [-0.39, 0.29) is 37.8 Å². The SMILES string of the molecule is CCCC(=N)c1ccc(NC(=O)CCC(=O)N(CCO)c2ccc(F)cc2)cc1. The molecule has 0 saturated carbocycles. The van der Waals surface area contributed by atoms with Gasteiger partial charge in [-0.15, -0.1) is 0 Å². The molecule has 0 aliphatic rings. The number of carbonyl (C=O) groups excluding carboxylic acids is 2. The normalized spacial score (nSPS) is 10.4. The number of rotatable bonds is 10. The summed E-state index contributed by atoms with van der Waals surface area (Å²) < 4.78 is 13.1. The predicted octanol–water partition coefficient (Wildman–Crippen LogP) is 3.74. The quantitative estimate of drug-likeness (QED) is 0.531. The topological polar surface area (TPSA) is 93.5 Å². The van der Waals surface area contributed by atoms with Gasteiger partial charge in [0.25, 0.3) is 0 Å². The van der Waals surface area contributed by atoms with Crippen LogP contribution in [0.25, 0.3) is 0 Å². The summed E-state index contributed by atoms with van der Waals surface area (Å²) in [5.74, 6) is -1.05. The highest BCUT2D eigenvalue weighted by atomic mass is 19.1. The van der Waals surface area contributed by atoms with E-state index in [0.717, 1.165) is 12.0 Å². The summed E-state index contributed by atoms with van der Waals surface area (Å²) in [6.45, 7) is 1.84. The van der Waals surface area contributed by atoms with Crippen LogP contribution in [-0.4, -0.2) is 35.8 Å². The first-order valence-corrected chi connectivity index (χ1v) is 9.59. The molecule has 0 aliphatic heterocycles. The lowest BCUT2D eigenvalue weighted by molar-refractivity contribution is -0.122. The Morgan fingerprint density at radius 1 is 1.03 bits per heavy atom. The van der Waals surface area contributed by atoms with Crippen LogP contribution in [0.5, 0.6) is 0 Å². The fourth-order valence-electron chi connectivity index (χ4n) is 2.85. The molecular formula is C22H26FN3O3. The summed E-state index contributed by atoms with van der Waals surface area (Å²) >= 11 is 0. The van der Waals surface area contributed by atoms with Crippen molar-refractivity contribution in [2.24, 2.45) is 0 Å². The monoisotopic (exact) mass is 399 g/mol. The Kier molecular flexibility index (Phi) is 8.48. The van der Waals surface area contributed by atoms with E-state index in [0.29, 0.717) is 23.5 Å². The largest absolute Gasteiger partial charge is 0.395 e. The molecule has 154 valence electrons. The molecule has 2 amide bonds. The number of aliphatic hydroxyl groups is 1. The van der Waals surface area contributed by atoms with Crippen LogP contribution in [0.15, 0.2) is 48.5 Å². The van der Waals surface area contributed by atoms with Crippen LogP contribution in [0.1, 0.15) is 38.2 Å². The van der Waals surface area contributed by atoms with Crippen LogP contribution in [-0.2, 0) is 9.59 Å². The van der Waals surface area contributed by atoms with Gasteiger partial charge in [-0.25, -0.2) is 4.39 Å². The molecule has 0 fully saturated rings. The molecule has 2 aromatic rings. The number of aliphatic hydroxyl groups excluding tert-OH is 1. The molecule has 0 radical (unpaired) electrons. The summed E-state index contributed by atoms with van der Waals surface area (Å²) in [7, 11) is 0. The first-order chi connectivity index (χ1) is 13.9. The number of hydrogen-bond donors (Lipinski definition) is 3. The number of amides is 2. The van der Waals surface area contributed by atoms with Crippen LogP contribution in [0.4, 0.5) is 15.8 Å². The summed E-state index contributed by atoms with van der Waals surface area (Å²) in [5.41, 5.74) is 2.44. The van der Waals surface area contributed by atoms with E-state index in [4.69, 9.17) is 5.41 Å². The fraction of sp³-hybridized carbons (Fsp3) is 0.318. The van der Waals surface area contributed by atoms with Crippen molar-refractivity contribution in [3.8, 4) is 0 Å². The van der Waals surface area contributed by atoms with Gasteiger partial charge in [-0.1, -0.05) is 25.5 Å². The average molecular weight is 399 g/mol. The molecular weight excluding hydrogens is 373 g/mol. The number of halogens is 1. The van der Waals surface area contributed by atoms with Crippen LogP contribution >= 0.6 is 0 Å². The Morgan fingerprint density at radius 2 is 1.69 bits per heavy atom. The molecule has 0 aromatic heterocycles. The van der Waals surface area contributed by atoms with E-state index in [1.54, 1.807) is 24.3 Å². The molecule has 3 N–H and O–H groups in total. The first-order valence-electron chi connectivity index (χ1n) is 9.59. The van der Waals surface area contributed by atoms with Crippen molar-refractivity contribution < 1.29 is 19.1 Å². The maximum absolute atomic E-state index is 13.1. The molecule has 0 bridgehead atoms. The van der Waals surface area contributed by atoms with E-state index in [2.05, 4.69) is 5.32 Å². The predicted molar refractivity (Wildman–Crippen MR) is 112 cm³/mol. The van der Waals surface area contributed by atoms with Crippen molar-refractivity contribution >= 4 is 28.9 Å². The zero-order valence-electron chi connectivity index (χ0n) is 16.5. The Hall–Kier alpha value is -3.06. The van der Waals surface area contributed by atoms with E-state index < -0.39 is 5.82 Å². The third kappa shape index (κ3) is 6.80. The maximum atomic E-state index is 13.1. The second kappa shape index (κ2) is 11.1. The van der Waals surface area contributed by atoms with Gasteiger partial charge >= 0.3 is 0 Å². The van der Waals surface area contributed by atoms with Crippen LogP contribution in [0.3, 0.4) is 0 Å². The highest BCUT2D eigenvalue weighted by molar-refractivity contribution is 6.00. The number of nitrogens with zero attached hydrogens (tertiary/aromatic N) is 1. The molecule has 0 heterocycles. The van der Waals surface area contributed by atoms with E-state index in [9.17, 15) is 19.1 Å². The zero-order chi connectivity index (χ0) is 21.2. The van der Waals surface area contributed by atoms with Crippen LogP contribution in [0, 0.1) is 11.2 Å². The molecule has 0 unspecified atom stereocenters. The number of anilines is 2. The third-order valence-corrected chi connectivity index (χ3v) is 4.35. The van der Waals surface area contributed by atoms with Gasteiger partial charge < -0.3 is 20.7 Å². The van der Waals surface area contributed by atoms with Gasteiger partial charge in [-0.2, -0.15) is 0 Å². The van der Waals surface area contributed by atoms with Crippen molar-refractivity contribution in [2.45, 2.75) is 32.6 Å². The standard InChI is InChI=1S/C22H26FN3O3/c1-2-3-20(24)16-4-8-18(9-5-16)25-21(28)12-13-22(29)26(14-15-27)19-10-6-17(23)7-11-19/h4-11,24,27H,2-3,12-15H2,1H3,(H,25,28). The van der Waals surface area contributed by atoms with Crippen molar-refractivity contribution in [3.05, 3.63) is 59.9 Å². The van der Waals surface area contributed by atoms with Crippen molar-refractivity contribution in [1.29, 1.82) is 5.41 Å². The van der Waals surface area contributed by atoms with Gasteiger partial charge in [0.15, 0.2) is 0 Å². The van der Waals surface area contributed by atoms with Crippen molar-refractivity contribution in [1.82, 2.24) is 0 Å². The number of benzene rings is 2. The van der Waals surface area contributed by atoms with Gasteiger partial charge in [0, 0.05) is 36.5 Å². The summed E-state index contributed by atoms with van der Waals surface area (Å²) in [6, 6.07) is 12.4. The van der Waals surface area contributed by atoms with Gasteiger partial charge in [0.2, 0.25) is 11.8 Å². The molecule has 29 heavy (non-hydrogen) atoms. The zero-order valence-corrected chi connectivity index (χ0v) is 16.5. The van der Waals surface area contributed by atoms with E-state index in [1.807, 2.05) is 6.92 Å². The smallest absolute Gasteiger partial charge is 0.227 e. The third-order valence-electron chi connectivity index (χ3n) is 4.35. The van der Waals surface area contributed by atoms with E-state index in [1.165, 1.54) is 29.2 Å². The van der Waals surface area contributed by atoms with Gasteiger partial charge in [-0.05, 0) is 48.4 Å². The first kappa shape index (κ1) is 22.2. The fourth-order valence-corrected chi connectivity index (χ4v) is 2.85. The Bertz CT molecular complexity index is 835. The molecule has 0 spiro atoms. The second-order valence-corrected chi connectivity index (χ2v) is 6.60. The van der Waals surface area contributed by atoms with Gasteiger partial charge in [0.05, 0.1) is 6.61 Å². The number of nitrogens with one attached hydrogen (secondary N) is 2. The lowest BCUT2D eigenvalue weighted by Crippen LogP contribution is -2.34.